The van der Waals surface area contributed by atoms with Crippen molar-refractivity contribution in [3.8, 4) is 11.3 Å². The van der Waals surface area contributed by atoms with Crippen LogP contribution in [0.3, 0.4) is 0 Å². The molecule has 33 heavy (non-hydrogen) atoms. The van der Waals surface area contributed by atoms with Gasteiger partial charge in [-0.05, 0) is 31.0 Å². The van der Waals surface area contributed by atoms with Gasteiger partial charge < -0.3 is 9.52 Å². The van der Waals surface area contributed by atoms with Crippen molar-refractivity contribution in [3.05, 3.63) is 52.1 Å². The van der Waals surface area contributed by atoms with Crippen LogP contribution in [0.2, 0.25) is 0 Å². The first-order chi connectivity index (χ1) is 15.4. The van der Waals surface area contributed by atoms with Crippen molar-refractivity contribution in [2.75, 3.05) is 6.54 Å². The van der Waals surface area contributed by atoms with Crippen molar-refractivity contribution in [1.29, 1.82) is 0 Å². The number of amides is 1. The average molecular weight is 505 g/mol. The Bertz CT molecular complexity index is 1140. The number of furan rings is 1. The van der Waals surface area contributed by atoms with Gasteiger partial charge in [-0.1, -0.05) is 30.9 Å². The number of carbonyl (C=O) groups excluding carboxylic acids is 1. The molecule has 1 aliphatic heterocycles. The van der Waals surface area contributed by atoms with Crippen LogP contribution in [0.1, 0.15) is 31.1 Å². The summed E-state index contributed by atoms with van der Waals surface area (Å²) >= 11 is 6.17. The predicted molar refractivity (Wildman–Crippen MR) is 115 cm³/mol. The van der Waals surface area contributed by atoms with Gasteiger partial charge in [0.05, 0.1) is 21.9 Å². The number of alkyl halides is 3. The molecular weight excluding hydrogens is 489 g/mol. The molecule has 1 aromatic carbocycles. The zero-order valence-electron chi connectivity index (χ0n) is 16.9. The summed E-state index contributed by atoms with van der Waals surface area (Å²) < 4.78 is 72.1. The Labute approximate surface area is 194 Å². The minimum Gasteiger partial charge on any atom is -0.481 e. The number of carboxylic acids is 1. The van der Waals surface area contributed by atoms with Crippen molar-refractivity contribution < 1.29 is 41.1 Å². The molecule has 0 spiro atoms. The number of rotatable bonds is 7. The van der Waals surface area contributed by atoms with Gasteiger partial charge in [0.1, 0.15) is 27.5 Å². The Hall–Kier alpha value is -2.73. The van der Waals surface area contributed by atoms with Gasteiger partial charge in [0.15, 0.2) is 0 Å². The number of hydrogen-bond donors (Lipinski definition) is 1. The Kier molecular flexibility index (Phi) is 7.27. The molecular formula is C21H16F5NO4S2. The normalized spacial score (nSPS) is 16.7. The van der Waals surface area contributed by atoms with Gasteiger partial charge in [0.25, 0.3) is 5.91 Å². The van der Waals surface area contributed by atoms with E-state index in [1.807, 2.05) is 0 Å². The predicted octanol–water partition coefficient (Wildman–Crippen LogP) is 5.95. The van der Waals surface area contributed by atoms with Crippen LogP contribution in [-0.2, 0) is 15.8 Å². The van der Waals surface area contributed by atoms with Crippen molar-refractivity contribution in [3.63, 3.8) is 0 Å². The number of hydrogen-bond acceptors (Lipinski definition) is 5. The summed E-state index contributed by atoms with van der Waals surface area (Å²) in [5.74, 6) is -5.12. The Balaban J connectivity index is 1.78. The second kappa shape index (κ2) is 9.64. The summed E-state index contributed by atoms with van der Waals surface area (Å²) in [5.41, 5.74) is -2.21. The van der Waals surface area contributed by atoms with E-state index >= 15 is 0 Å². The molecule has 1 aromatic heterocycles. The largest absolute Gasteiger partial charge is 0.481 e. The van der Waals surface area contributed by atoms with Crippen LogP contribution in [0.25, 0.3) is 17.4 Å². The van der Waals surface area contributed by atoms with E-state index in [1.54, 1.807) is 6.92 Å². The second-order valence-electron chi connectivity index (χ2n) is 7.23. The highest BCUT2D eigenvalue weighted by Crippen LogP contribution is 2.37. The molecule has 1 fully saturated rings. The third-order valence-corrected chi connectivity index (χ3v) is 6.22. The van der Waals surface area contributed by atoms with E-state index in [0.29, 0.717) is 18.9 Å². The van der Waals surface area contributed by atoms with Gasteiger partial charge in [-0.25, -0.2) is 8.78 Å². The van der Waals surface area contributed by atoms with E-state index in [9.17, 15) is 31.5 Å². The molecule has 0 radical (unpaired) electrons. The lowest BCUT2D eigenvalue weighted by Gasteiger charge is -2.15. The van der Waals surface area contributed by atoms with Gasteiger partial charge in [-0.15, -0.1) is 0 Å². The number of aliphatic carboxylic acids is 1. The Morgan fingerprint density at radius 1 is 1.27 bits per heavy atom. The van der Waals surface area contributed by atoms with Crippen LogP contribution >= 0.6 is 24.0 Å². The fraction of sp³-hybridized carbons (Fsp3) is 0.286. The SMILES string of the molecule is CC(CCCN1C(=O)/C(=C/c2ccc(-c3cc(C(F)(F)F)c(F)cc3F)o2)SC1=S)C(=O)O. The molecule has 1 aliphatic rings. The van der Waals surface area contributed by atoms with E-state index in [2.05, 4.69) is 0 Å². The molecule has 176 valence electrons. The van der Waals surface area contributed by atoms with Crippen LogP contribution in [0.15, 0.2) is 33.6 Å². The highest BCUT2D eigenvalue weighted by Gasteiger charge is 2.36. The van der Waals surface area contributed by atoms with E-state index in [4.69, 9.17) is 21.7 Å². The van der Waals surface area contributed by atoms with Gasteiger partial charge >= 0.3 is 12.1 Å². The van der Waals surface area contributed by atoms with Gasteiger partial charge in [-0.2, -0.15) is 13.2 Å². The molecule has 1 amide bonds. The summed E-state index contributed by atoms with van der Waals surface area (Å²) in [7, 11) is 0. The standard InChI is InChI=1S/C21H16F5NO4S2/c1-10(19(29)30)3-2-6-27-18(28)17(33-20(27)32)7-11-4-5-16(31-11)12-8-13(21(24,25)26)15(23)9-14(12)22/h4-5,7-10H,2-3,6H2,1H3,(H,29,30)/b17-7-. The molecule has 2 heterocycles. The first kappa shape index (κ1) is 24.9. The fourth-order valence-electron chi connectivity index (χ4n) is 3.03. The molecule has 0 aliphatic carbocycles. The van der Waals surface area contributed by atoms with E-state index in [-0.39, 0.29) is 33.4 Å². The first-order valence-corrected chi connectivity index (χ1v) is 10.8. The molecule has 5 nitrogen and oxygen atoms in total. The molecule has 1 N–H and O–H groups in total. The second-order valence-corrected chi connectivity index (χ2v) is 8.90. The van der Waals surface area contributed by atoms with Crippen LogP contribution in [0, 0.1) is 17.6 Å². The zero-order valence-corrected chi connectivity index (χ0v) is 18.5. The first-order valence-electron chi connectivity index (χ1n) is 9.53. The summed E-state index contributed by atoms with van der Waals surface area (Å²) in [4.78, 5) is 25.0. The maximum atomic E-state index is 14.1. The number of carbonyl (C=O) groups is 2. The third kappa shape index (κ3) is 5.61. The van der Waals surface area contributed by atoms with Crippen LogP contribution in [-0.4, -0.2) is 32.7 Å². The summed E-state index contributed by atoms with van der Waals surface area (Å²) in [6, 6.07) is 2.99. The monoisotopic (exact) mass is 505 g/mol. The number of benzene rings is 1. The van der Waals surface area contributed by atoms with Crippen molar-refractivity contribution in [1.82, 2.24) is 4.90 Å². The van der Waals surface area contributed by atoms with Crippen molar-refractivity contribution >= 4 is 46.3 Å². The summed E-state index contributed by atoms with van der Waals surface area (Å²) in [5, 5.41) is 8.93. The van der Waals surface area contributed by atoms with E-state index in [1.165, 1.54) is 23.1 Å². The molecule has 1 saturated heterocycles. The van der Waals surface area contributed by atoms with Crippen LogP contribution in [0.5, 0.6) is 0 Å². The minimum atomic E-state index is -5.02. The highest BCUT2D eigenvalue weighted by molar-refractivity contribution is 8.26. The Morgan fingerprint density at radius 3 is 2.61 bits per heavy atom. The molecule has 0 bridgehead atoms. The number of halogens is 5. The van der Waals surface area contributed by atoms with E-state index in [0.717, 1.165) is 11.8 Å². The number of carboxylic acid groups (broad SMARTS) is 1. The lowest BCUT2D eigenvalue weighted by Crippen LogP contribution is -2.29. The molecule has 2 aromatic rings. The number of nitrogens with zero attached hydrogens (tertiary/aromatic N) is 1. The van der Waals surface area contributed by atoms with Gasteiger partial charge in [0.2, 0.25) is 0 Å². The minimum absolute atomic E-state index is 0.0577. The molecule has 12 heteroatoms. The maximum Gasteiger partial charge on any atom is 0.419 e. The summed E-state index contributed by atoms with van der Waals surface area (Å²) in [6.07, 6.45) is -2.92. The third-order valence-electron chi connectivity index (χ3n) is 4.84. The molecule has 1 unspecified atom stereocenters. The number of thioether (sulfide) groups is 1. The lowest BCUT2D eigenvalue weighted by molar-refractivity contribution is -0.141. The topological polar surface area (TPSA) is 70.8 Å². The quantitative estimate of drug-likeness (QED) is 0.285. The van der Waals surface area contributed by atoms with Crippen LogP contribution < -0.4 is 0 Å². The smallest absolute Gasteiger partial charge is 0.419 e. The fourth-order valence-corrected chi connectivity index (χ4v) is 4.32. The lowest BCUT2D eigenvalue weighted by atomic mass is 10.1. The molecule has 3 rings (SSSR count). The molecule has 1 atom stereocenters. The highest BCUT2D eigenvalue weighted by atomic mass is 32.2. The molecule has 0 saturated carbocycles. The number of thiocarbonyl (C=S) groups is 1. The van der Waals surface area contributed by atoms with Crippen molar-refractivity contribution in [2.45, 2.75) is 25.9 Å². The van der Waals surface area contributed by atoms with Crippen LogP contribution in [0.4, 0.5) is 22.0 Å². The average Bonchev–Trinajstić information content (AvgIpc) is 3.26. The van der Waals surface area contributed by atoms with Gasteiger partial charge in [-0.3, -0.25) is 14.5 Å². The Morgan fingerprint density at radius 2 is 1.97 bits per heavy atom. The van der Waals surface area contributed by atoms with E-state index < -0.39 is 46.7 Å². The van der Waals surface area contributed by atoms with Gasteiger partial charge in [0, 0.05) is 18.7 Å². The zero-order chi connectivity index (χ0) is 24.5. The van der Waals surface area contributed by atoms with Crippen molar-refractivity contribution in [2.24, 2.45) is 5.92 Å². The summed E-state index contributed by atoms with van der Waals surface area (Å²) in [6.45, 7) is 1.78. The maximum absolute atomic E-state index is 14.1.